The molecule has 0 radical (unpaired) electrons. The van der Waals surface area contributed by atoms with E-state index in [4.69, 9.17) is 9.15 Å². The molecule has 2 heterocycles. The average molecular weight is 369 g/mol. The minimum Gasteiger partial charge on any atom is -0.426 e. The normalized spacial score (nSPS) is 22.1. The molecule has 0 bridgehead atoms. The quantitative estimate of drug-likeness (QED) is 0.355. The van der Waals surface area contributed by atoms with Gasteiger partial charge in [-0.15, -0.1) is 0 Å². The van der Waals surface area contributed by atoms with Crippen LogP contribution in [0.2, 0.25) is 0 Å². The van der Waals surface area contributed by atoms with Crippen molar-refractivity contribution in [2.24, 2.45) is 11.8 Å². The summed E-state index contributed by atoms with van der Waals surface area (Å²) in [6, 6.07) is 7.68. The first-order chi connectivity index (χ1) is 13.0. The third kappa shape index (κ3) is 3.37. The SMILES string of the molecule is O=C(CCN1C(=O)[C@H]2CCCC[C@H]2C1=O)Oc1ccc2ccc(=O)oc2c1. The first-order valence-corrected chi connectivity index (χ1v) is 9.13. The second-order valence-corrected chi connectivity index (χ2v) is 7.00. The molecule has 0 unspecified atom stereocenters. The number of imide groups is 1. The zero-order valence-electron chi connectivity index (χ0n) is 14.7. The highest BCUT2D eigenvalue weighted by Crippen LogP contribution is 2.38. The average Bonchev–Trinajstić information content (AvgIpc) is 2.90. The maximum Gasteiger partial charge on any atom is 0.336 e. The monoisotopic (exact) mass is 369 g/mol. The van der Waals surface area contributed by atoms with E-state index in [1.165, 1.54) is 17.0 Å². The Morgan fingerprint density at radius 1 is 1.04 bits per heavy atom. The molecular formula is C20H19NO6. The largest absolute Gasteiger partial charge is 0.426 e. The lowest BCUT2D eigenvalue weighted by Crippen LogP contribution is -2.33. The molecule has 1 saturated carbocycles. The first-order valence-electron chi connectivity index (χ1n) is 9.13. The van der Waals surface area contributed by atoms with Crippen LogP contribution in [-0.4, -0.2) is 29.2 Å². The van der Waals surface area contributed by atoms with Gasteiger partial charge < -0.3 is 9.15 Å². The smallest absolute Gasteiger partial charge is 0.336 e. The van der Waals surface area contributed by atoms with E-state index in [1.807, 2.05) is 0 Å². The van der Waals surface area contributed by atoms with Crippen molar-refractivity contribution in [2.45, 2.75) is 32.1 Å². The standard InChI is InChI=1S/C20H19NO6/c22-17-8-6-12-5-7-13(11-16(12)27-17)26-18(23)9-10-21-19(24)14-3-1-2-4-15(14)20(21)25/h5-8,11,14-15H,1-4,9-10H2/t14-,15+. The Hall–Kier alpha value is -2.96. The molecule has 2 aromatic rings. The number of ether oxygens (including phenoxy) is 1. The third-order valence-corrected chi connectivity index (χ3v) is 5.30. The summed E-state index contributed by atoms with van der Waals surface area (Å²) in [5, 5.41) is 0.713. The second-order valence-electron chi connectivity index (χ2n) is 7.00. The maximum atomic E-state index is 12.4. The Morgan fingerprint density at radius 3 is 2.41 bits per heavy atom. The molecule has 1 aromatic heterocycles. The van der Waals surface area contributed by atoms with Crippen molar-refractivity contribution in [1.29, 1.82) is 0 Å². The molecule has 27 heavy (non-hydrogen) atoms. The number of nitrogens with zero attached hydrogens (tertiary/aromatic N) is 1. The van der Waals surface area contributed by atoms with Crippen molar-refractivity contribution >= 4 is 28.8 Å². The van der Waals surface area contributed by atoms with Gasteiger partial charge in [-0.05, 0) is 31.0 Å². The van der Waals surface area contributed by atoms with Crippen LogP contribution < -0.4 is 10.4 Å². The fourth-order valence-electron chi connectivity index (χ4n) is 3.94. The van der Waals surface area contributed by atoms with E-state index in [-0.39, 0.29) is 42.4 Å². The number of hydrogen-bond acceptors (Lipinski definition) is 6. The van der Waals surface area contributed by atoms with Gasteiger partial charge in [-0.25, -0.2) is 4.79 Å². The Balaban J connectivity index is 1.39. The maximum absolute atomic E-state index is 12.4. The Morgan fingerprint density at radius 2 is 1.70 bits per heavy atom. The number of rotatable bonds is 4. The van der Waals surface area contributed by atoms with Crippen molar-refractivity contribution in [3.63, 3.8) is 0 Å². The highest BCUT2D eigenvalue weighted by atomic mass is 16.5. The van der Waals surface area contributed by atoms with Crippen molar-refractivity contribution in [3.8, 4) is 5.75 Å². The molecule has 2 aliphatic rings. The predicted octanol–water partition coefficient (Wildman–Crippen LogP) is 2.26. The molecule has 2 amide bonds. The lowest BCUT2D eigenvalue weighted by molar-refractivity contribution is -0.141. The van der Waals surface area contributed by atoms with Crippen LogP contribution in [-0.2, 0) is 14.4 Å². The minimum absolute atomic E-state index is 0.0339. The van der Waals surface area contributed by atoms with Gasteiger partial charge in [-0.3, -0.25) is 19.3 Å². The molecule has 1 saturated heterocycles. The van der Waals surface area contributed by atoms with Gasteiger partial charge in [0.1, 0.15) is 11.3 Å². The van der Waals surface area contributed by atoms with Crippen LogP contribution >= 0.6 is 0 Å². The number of carbonyl (C=O) groups excluding carboxylic acids is 3. The van der Waals surface area contributed by atoms with Gasteiger partial charge in [-0.2, -0.15) is 0 Å². The van der Waals surface area contributed by atoms with E-state index in [1.54, 1.807) is 18.2 Å². The summed E-state index contributed by atoms with van der Waals surface area (Å²) in [5.74, 6) is -1.07. The summed E-state index contributed by atoms with van der Waals surface area (Å²) in [4.78, 5) is 49.5. The van der Waals surface area contributed by atoms with Gasteiger partial charge in [0.25, 0.3) is 0 Å². The van der Waals surface area contributed by atoms with E-state index in [9.17, 15) is 19.2 Å². The minimum atomic E-state index is -0.553. The Labute approximate surface area is 154 Å². The summed E-state index contributed by atoms with van der Waals surface area (Å²) in [6.45, 7) is 0.0339. The Bertz CT molecular complexity index is 954. The van der Waals surface area contributed by atoms with Crippen LogP contribution in [0.1, 0.15) is 32.1 Å². The predicted molar refractivity (Wildman–Crippen MR) is 94.9 cm³/mol. The number of hydrogen-bond donors (Lipinski definition) is 0. The number of carbonyl (C=O) groups is 3. The van der Waals surface area contributed by atoms with Gasteiger partial charge in [0.2, 0.25) is 11.8 Å². The Kier molecular flexibility index (Phi) is 4.51. The van der Waals surface area contributed by atoms with Crippen molar-refractivity contribution in [3.05, 3.63) is 40.8 Å². The van der Waals surface area contributed by atoms with Gasteiger partial charge in [0.15, 0.2) is 0 Å². The zero-order valence-corrected chi connectivity index (χ0v) is 14.7. The summed E-state index contributed by atoms with van der Waals surface area (Å²) < 4.78 is 10.3. The van der Waals surface area contributed by atoms with E-state index in [0.717, 1.165) is 25.7 Å². The summed E-state index contributed by atoms with van der Waals surface area (Å²) >= 11 is 0. The molecule has 140 valence electrons. The van der Waals surface area contributed by atoms with Crippen LogP contribution in [0.4, 0.5) is 0 Å². The highest BCUT2D eigenvalue weighted by Gasteiger charge is 2.47. The van der Waals surface area contributed by atoms with E-state index >= 15 is 0 Å². The zero-order chi connectivity index (χ0) is 19.0. The number of esters is 1. The molecule has 4 rings (SSSR count). The van der Waals surface area contributed by atoms with Gasteiger partial charge in [0.05, 0.1) is 18.3 Å². The van der Waals surface area contributed by atoms with E-state index in [2.05, 4.69) is 0 Å². The number of amides is 2. The fraction of sp³-hybridized carbons (Fsp3) is 0.400. The number of fused-ring (bicyclic) bond motifs is 2. The molecule has 0 N–H and O–H groups in total. The fourth-order valence-corrected chi connectivity index (χ4v) is 3.94. The van der Waals surface area contributed by atoms with E-state index in [0.29, 0.717) is 11.0 Å². The van der Waals surface area contributed by atoms with Crippen LogP contribution in [0.25, 0.3) is 11.0 Å². The molecule has 2 atom stereocenters. The first kappa shape index (κ1) is 17.5. The molecule has 2 fully saturated rings. The number of likely N-dealkylation sites (tertiary alicyclic amines) is 1. The molecule has 1 aromatic carbocycles. The lowest BCUT2D eigenvalue weighted by atomic mass is 9.81. The van der Waals surface area contributed by atoms with Crippen molar-refractivity contribution < 1.29 is 23.5 Å². The number of benzene rings is 1. The van der Waals surface area contributed by atoms with Crippen LogP contribution in [0.15, 0.2) is 39.5 Å². The molecule has 0 spiro atoms. The lowest BCUT2D eigenvalue weighted by Gasteiger charge is -2.19. The van der Waals surface area contributed by atoms with Crippen LogP contribution in [0.3, 0.4) is 0 Å². The van der Waals surface area contributed by atoms with Crippen molar-refractivity contribution in [2.75, 3.05) is 6.54 Å². The van der Waals surface area contributed by atoms with Gasteiger partial charge in [-0.1, -0.05) is 12.8 Å². The molecular weight excluding hydrogens is 350 g/mol. The second kappa shape index (κ2) is 6.98. The summed E-state index contributed by atoms with van der Waals surface area (Å²) in [5.41, 5.74) is -0.166. The topological polar surface area (TPSA) is 93.9 Å². The molecule has 7 heteroatoms. The molecule has 1 aliphatic carbocycles. The van der Waals surface area contributed by atoms with Crippen LogP contribution in [0.5, 0.6) is 5.75 Å². The van der Waals surface area contributed by atoms with Crippen LogP contribution in [0, 0.1) is 11.8 Å². The van der Waals surface area contributed by atoms with Gasteiger partial charge >= 0.3 is 11.6 Å². The summed E-state index contributed by atoms with van der Waals surface area (Å²) in [6.07, 6.45) is 3.35. The summed E-state index contributed by atoms with van der Waals surface area (Å²) in [7, 11) is 0. The van der Waals surface area contributed by atoms with E-state index < -0.39 is 11.6 Å². The van der Waals surface area contributed by atoms with Gasteiger partial charge in [0, 0.05) is 24.1 Å². The highest BCUT2D eigenvalue weighted by molar-refractivity contribution is 6.05. The third-order valence-electron chi connectivity index (χ3n) is 5.30. The molecule has 1 aliphatic heterocycles. The van der Waals surface area contributed by atoms with Crippen molar-refractivity contribution in [1.82, 2.24) is 4.90 Å². The molecule has 7 nitrogen and oxygen atoms in total.